The van der Waals surface area contributed by atoms with Gasteiger partial charge in [0.1, 0.15) is 5.84 Å². The van der Waals surface area contributed by atoms with Gasteiger partial charge < -0.3 is 4.90 Å². The second-order valence-corrected chi connectivity index (χ2v) is 4.21. The lowest BCUT2D eigenvalue weighted by molar-refractivity contribution is 0.533. The molecule has 19 heavy (non-hydrogen) atoms. The van der Waals surface area contributed by atoms with Crippen molar-refractivity contribution in [3.63, 3.8) is 0 Å². The molecule has 6 nitrogen and oxygen atoms in total. The molecular weight excluding hydrogens is 240 g/mol. The van der Waals surface area contributed by atoms with Gasteiger partial charge in [0.15, 0.2) is 6.33 Å². The van der Waals surface area contributed by atoms with E-state index in [2.05, 4.69) is 67.1 Å². The monoisotopic (exact) mass is 254 g/mol. The van der Waals surface area contributed by atoms with Gasteiger partial charge in [-0.25, -0.2) is 0 Å². The minimum absolute atomic E-state index is 0.820. The molecule has 0 saturated carbocycles. The minimum atomic E-state index is 0.820. The number of benzene rings is 1. The Kier molecular flexibility index (Phi) is 3.31. The van der Waals surface area contributed by atoms with Crippen molar-refractivity contribution >= 4 is 5.84 Å². The van der Waals surface area contributed by atoms with E-state index in [0.717, 1.165) is 25.3 Å². The lowest BCUT2D eigenvalue weighted by atomic mass is 9.98. The number of nitrogens with zero attached hydrogens (tertiary/aromatic N) is 5. The van der Waals surface area contributed by atoms with Crippen LogP contribution in [0.5, 0.6) is 0 Å². The van der Waals surface area contributed by atoms with Crippen molar-refractivity contribution in [3.8, 4) is 0 Å². The van der Waals surface area contributed by atoms with E-state index in [1.54, 1.807) is 0 Å². The molecule has 3 heterocycles. The van der Waals surface area contributed by atoms with Crippen molar-refractivity contribution in [3.05, 3.63) is 54.0 Å². The van der Waals surface area contributed by atoms with Crippen molar-refractivity contribution in [1.29, 1.82) is 0 Å². The average Bonchev–Trinajstić information content (AvgIpc) is 3.07. The number of rotatable bonds is 0. The molecule has 2 aliphatic heterocycles. The Morgan fingerprint density at radius 3 is 2.95 bits per heavy atom. The molecule has 4 rings (SSSR count). The van der Waals surface area contributed by atoms with Crippen LogP contribution in [0.3, 0.4) is 0 Å². The van der Waals surface area contributed by atoms with Crippen LogP contribution < -0.4 is 0 Å². The van der Waals surface area contributed by atoms with Crippen molar-refractivity contribution in [2.45, 2.75) is 6.42 Å². The summed E-state index contributed by atoms with van der Waals surface area (Å²) in [6.45, 7) is 1.88. The summed E-state index contributed by atoms with van der Waals surface area (Å²) in [7, 11) is 0. The van der Waals surface area contributed by atoms with E-state index >= 15 is 0 Å². The first-order chi connectivity index (χ1) is 9.45. The number of aromatic amines is 1. The molecular formula is C13H14N6. The first-order valence-electron chi connectivity index (χ1n) is 6.17. The van der Waals surface area contributed by atoms with Crippen LogP contribution in [0.4, 0.5) is 0 Å². The highest BCUT2D eigenvalue weighted by molar-refractivity contribution is 6.02. The average molecular weight is 254 g/mol. The number of amidine groups is 1. The van der Waals surface area contributed by atoms with E-state index in [4.69, 9.17) is 0 Å². The standard InChI is InChI=1S/C12H12N2.CH2N4/c1-2-5-11-10(4-1)6-9-14-8-3-7-13-12(11)14;1-2-4-5-3-1/h1-5,8H,6-7,9H2;1H,(H,2,3,4,5). The molecule has 0 spiro atoms. The predicted octanol–water partition coefficient (Wildman–Crippen LogP) is 1.02. The van der Waals surface area contributed by atoms with Gasteiger partial charge in [0.05, 0.1) is 6.54 Å². The maximum atomic E-state index is 4.55. The van der Waals surface area contributed by atoms with Crippen molar-refractivity contribution in [2.24, 2.45) is 4.99 Å². The molecule has 0 fully saturated rings. The summed E-state index contributed by atoms with van der Waals surface area (Å²) in [4.78, 5) is 6.79. The van der Waals surface area contributed by atoms with Crippen LogP contribution in [-0.4, -0.2) is 44.4 Å². The molecule has 6 heteroatoms. The van der Waals surface area contributed by atoms with Crippen molar-refractivity contribution in [1.82, 2.24) is 25.5 Å². The number of aliphatic imine (C=N–C) groups is 1. The fourth-order valence-electron chi connectivity index (χ4n) is 2.22. The lowest BCUT2D eigenvalue weighted by Crippen LogP contribution is -2.35. The highest BCUT2D eigenvalue weighted by Crippen LogP contribution is 2.21. The van der Waals surface area contributed by atoms with Crippen LogP contribution >= 0.6 is 0 Å². The Labute approximate surface area is 110 Å². The molecule has 96 valence electrons. The maximum absolute atomic E-state index is 4.55. The summed E-state index contributed by atoms with van der Waals surface area (Å²) in [5.41, 5.74) is 2.74. The summed E-state index contributed by atoms with van der Waals surface area (Å²) < 4.78 is 0. The zero-order chi connectivity index (χ0) is 12.9. The van der Waals surface area contributed by atoms with E-state index in [9.17, 15) is 0 Å². The zero-order valence-electron chi connectivity index (χ0n) is 10.4. The van der Waals surface area contributed by atoms with E-state index in [1.165, 1.54) is 17.5 Å². The van der Waals surface area contributed by atoms with Gasteiger partial charge in [-0.15, -0.1) is 10.2 Å². The molecule has 0 radical (unpaired) electrons. The third-order valence-corrected chi connectivity index (χ3v) is 3.05. The Balaban J connectivity index is 0.000000187. The molecule has 1 aromatic carbocycles. The molecule has 0 aliphatic carbocycles. The van der Waals surface area contributed by atoms with Gasteiger partial charge in [-0.05, 0) is 18.1 Å². The zero-order valence-corrected chi connectivity index (χ0v) is 10.4. The summed E-state index contributed by atoms with van der Waals surface area (Å²) in [5.74, 6) is 1.15. The predicted molar refractivity (Wildman–Crippen MR) is 71.6 cm³/mol. The fourth-order valence-corrected chi connectivity index (χ4v) is 2.22. The van der Waals surface area contributed by atoms with Crippen molar-refractivity contribution in [2.75, 3.05) is 13.1 Å². The first-order valence-corrected chi connectivity index (χ1v) is 6.17. The molecule has 0 atom stereocenters. The van der Waals surface area contributed by atoms with Gasteiger partial charge in [0.25, 0.3) is 0 Å². The lowest BCUT2D eigenvalue weighted by Gasteiger charge is -2.30. The fraction of sp³-hybridized carbons (Fsp3) is 0.231. The van der Waals surface area contributed by atoms with Gasteiger partial charge >= 0.3 is 0 Å². The number of tetrazole rings is 1. The molecule has 0 amide bonds. The second kappa shape index (κ2) is 5.43. The second-order valence-electron chi connectivity index (χ2n) is 4.21. The Hall–Kier alpha value is -2.50. The smallest absolute Gasteiger partial charge is 0.161 e. The number of hydrogen-bond acceptors (Lipinski definition) is 5. The van der Waals surface area contributed by atoms with Crippen LogP contribution in [0.2, 0.25) is 0 Å². The van der Waals surface area contributed by atoms with Gasteiger partial charge in [-0.3, -0.25) is 4.99 Å². The van der Waals surface area contributed by atoms with Crippen LogP contribution in [0.1, 0.15) is 11.1 Å². The Morgan fingerprint density at radius 2 is 2.16 bits per heavy atom. The third-order valence-electron chi connectivity index (χ3n) is 3.05. The highest BCUT2D eigenvalue weighted by Gasteiger charge is 2.21. The largest absolute Gasteiger partial charge is 0.333 e. The number of aromatic nitrogens is 4. The topological polar surface area (TPSA) is 70.1 Å². The number of nitrogens with one attached hydrogen (secondary N) is 1. The summed E-state index contributed by atoms with van der Waals surface area (Å²) >= 11 is 0. The highest BCUT2D eigenvalue weighted by atomic mass is 15.5. The van der Waals surface area contributed by atoms with E-state index in [1.807, 2.05) is 0 Å². The normalized spacial score (nSPS) is 15.8. The number of H-pyrrole nitrogens is 1. The van der Waals surface area contributed by atoms with E-state index in [-0.39, 0.29) is 0 Å². The summed E-state index contributed by atoms with van der Waals surface area (Å²) in [5, 5.41) is 12.2. The van der Waals surface area contributed by atoms with Crippen molar-refractivity contribution < 1.29 is 0 Å². The molecule has 1 N–H and O–H groups in total. The summed E-state index contributed by atoms with van der Waals surface area (Å²) in [6, 6.07) is 8.56. The van der Waals surface area contributed by atoms with Gasteiger partial charge in [0.2, 0.25) is 0 Å². The molecule has 0 unspecified atom stereocenters. The number of fused-ring (bicyclic) bond motifs is 3. The Bertz CT molecular complexity index is 570. The minimum Gasteiger partial charge on any atom is -0.333 e. The quantitative estimate of drug-likeness (QED) is 0.762. The van der Waals surface area contributed by atoms with Crippen LogP contribution in [0, 0.1) is 0 Å². The van der Waals surface area contributed by atoms with Gasteiger partial charge in [0, 0.05) is 18.3 Å². The van der Waals surface area contributed by atoms with Gasteiger partial charge in [-0.1, -0.05) is 29.5 Å². The molecule has 0 bridgehead atoms. The van der Waals surface area contributed by atoms with E-state index < -0.39 is 0 Å². The first kappa shape index (κ1) is 11.6. The SMILES string of the molecule is C1=CN2CCc3ccccc3C2=NC1.c1nn[nH]n1. The van der Waals surface area contributed by atoms with Crippen LogP contribution in [0.15, 0.2) is 47.9 Å². The Morgan fingerprint density at radius 1 is 1.21 bits per heavy atom. The number of hydrogen-bond donors (Lipinski definition) is 1. The van der Waals surface area contributed by atoms with Gasteiger partial charge in [-0.2, -0.15) is 5.21 Å². The molecule has 2 aliphatic rings. The molecule has 1 aromatic heterocycles. The molecule has 0 saturated heterocycles. The molecule has 2 aromatic rings. The maximum Gasteiger partial charge on any atom is 0.161 e. The van der Waals surface area contributed by atoms with Crippen LogP contribution in [0.25, 0.3) is 0 Å². The van der Waals surface area contributed by atoms with E-state index in [0.29, 0.717) is 0 Å². The summed E-state index contributed by atoms with van der Waals surface area (Å²) in [6.07, 6.45) is 6.72. The third kappa shape index (κ3) is 2.52. The van der Waals surface area contributed by atoms with Crippen LogP contribution in [-0.2, 0) is 6.42 Å².